The lowest BCUT2D eigenvalue weighted by Crippen LogP contribution is -2.39. The van der Waals surface area contributed by atoms with Crippen molar-refractivity contribution < 1.29 is 4.74 Å². The smallest absolute Gasteiger partial charge is 0.158 e. The van der Waals surface area contributed by atoms with Gasteiger partial charge in [-0.3, -0.25) is 4.99 Å². The fourth-order valence-electron chi connectivity index (χ4n) is 1.96. The van der Waals surface area contributed by atoms with E-state index in [1.54, 1.807) is 0 Å². The first-order chi connectivity index (χ1) is 8.59. The molecule has 1 heterocycles. The van der Waals surface area contributed by atoms with Crippen LogP contribution in [0.15, 0.2) is 23.2 Å². The highest BCUT2D eigenvalue weighted by atomic mass is 35.5. The van der Waals surface area contributed by atoms with Crippen LogP contribution in [0.25, 0.3) is 0 Å². The number of hydrogen-bond donors (Lipinski definition) is 1. The molecule has 1 aromatic rings. The Bertz CT molecular complexity index is 457. The van der Waals surface area contributed by atoms with Crippen LogP contribution in [0.5, 0.6) is 5.75 Å². The van der Waals surface area contributed by atoms with Gasteiger partial charge in [-0.1, -0.05) is 37.6 Å². The fraction of sp³-hybridized carbons (Fsp3) is 0.500. The van der Waals surface area contributed by atoms with Crippen molar-refractivity contribution >= 4 is 17.4 Å². The lowest BCUT2D eigenvalue weighted by atomic mass is 10.1. The van der Waals surface area contributed by atoms with E-state index in [0.29, 0.717) is 10.9 Å². The molecule has 4 heteroatoms. The molecule has 0 bridgehead atoms. The third kappa shape index (κ3) is 2.78. The van der Waals surface area contributed by atoms with Crippen LogP contribution < -0.4 is 10.1 Å². The van der Waals surface area contributed by atoms with Crippen LogP contribution in [0.3, 0.4) is 0 Å². The van der Waals surface area contributed by atoms with Crippen molar-refractivity contribution in [1.82, 2.24) is 5.32 Å². The highest BCUT2D eigenvalue weighted by Gasteiger charge is 2.24. The Morgan fingerprint density at radius 1 is 1.39 bits per heavy atom. The Hall–Kier alpha value is -1.22. The van der Waals surface area contributed by atoms with Crippen LogP contribution >= 0.6 is 11.6 Å². The molecule has 2 rings (SSSR count). The van der Waals surface area contributed by atoms with Crippen LogP contribution in [0.4, 0.5) is 0 Å². The molecule has 3 nitrogen and oxygen atoms in total. The monoisotopic (exact) mass is 266 g/mol. The maximum atomic E-state index is 6.26. The van der Waals surface area contributed by atoms with Crippen molar-refractivity contribution in [1.29, 1.82) is 0 Å². The molecule has 1 atom stereocenters. The van der Waals surface area contributed by atoms with Crippen molar-refractivity contribution in [3.63, 3.8) is 0 Å². The molecular weight excluding hydrogens is 248 g/mol. The van der Waals surface area contributed by atoms with Crippen molar-refractivity contribution in [3.05, 3.63) is 28.8 Å². The van der Waals surface area contributed by atoms with Crippen molar-refractivity contribution in [2.45, 2.75) is 26.9 Å². The summed E-state index contributed by atoms with van der Waals surface area (Å²) in [6, 6.07) is 5.84. The van der Waals surface area contributed by atoms with E-state index in [1.807, 2.05) is 25.1 Å². The van der Waals surface area contributed by atoms with E-state index in [0.717, 1.165) is 30.2 Å². The molecule has 0 aromatic heterocycles. The third-order valence-corrected chi connectivity index (χ3v) is 3.47. The van der Waals surface area contributed by atoms with Gasteiger partial charge in [0.2, 0.25) is 0 Å². The number of hydrogen-bond acceptors (Lipinski definition) is 3. The molecular formula is C14H19ClN2O. The molecule has 1 aliphatic rings. The molecule has 98 valence electrons. The minimum Gasteiger partial charge on any atom is -0.481 e. The fourth-order valence-corrected chi connectivity index (χ4v) is 2.13. The SMILES string of the molecule is Cc1cccc(OC(C2=NCCN2)C(C)C)c1Cl. The predicted octanol–water partition coefficient (Wildman–Crippen LogP) is 3.05. The van der Waals surface area contributed by atoms with E-state index in [4.69, 9.17) is 16.3 Å². The summed E-state index contributed by atoms with van der Waals surface area (Å²) >= 11 is 6.26. The number of amidine groups is 1. The lowest BCUT2D eigenvalue weighted by molar-refractivity contribution is 0.212. The summed E-state index contributed by atoms with van der Waals surface area (Å²) < 4.78 is 6.05. The van der Waals surface area contributed by atoms with E-state index < -0.39 is 0 Å². The second-order valence-electron chi connectivity index (χ2n) is 4.86. The van der Waals surface area contributed by atoms with Gasteiger partial charge in [-0.25, -0.2) is 0 Å². The van der Waals surface area contributed by atoms with Crippen molar-refractivity contribution in [3.8, 4) is 5.75 Å². The molecule has 1 aromatic carbocycles. The van der Waals surface area contributed by atoms with Gasteiger partial charge in [-0.05, 0) is 24.5 Å². The van der Waals surface area contributed by atoms with Gasteiger partial charge in [-0.15, -0.1) is 0 Å². The van der Waals surface area contributed by atoms with Gasteiger partial charge < -0.3 is 10.1 Å². The van der Waals surface area contributed by atoms with Gasteiger partial charge >= 0.3 is 0 Å². The first-order valence-electron chi connectivity index (χ1n) is 6.29. The summed E-state index contributed by atoms with van der Waals surface area (Å²) in [6.45, 7) is 7.94. The molecule has 0 saturated carbocycles. The second kappa shape index (κ2) is 5.61. The third-order valence-electron chi connectivity index (χ3n) is 2.99. The van der Waals surface area contributed by atoms with Crippen LogP contribution in [0.1, 0.15) is 19.4 Å². The van der Waals surface area contributed by atoms with Gasteiger partial charge in [0, 0.05) is 6.54 Å². The minimum atomic E-state index is -0.0631. The van der Waals surface area contributed by atoms with Crippen molar-refractivity contribution in [2.75, 3.05) is 13.1 Å². The standard InChI is InChI=1S/C14H19ClN2O/c1-9(2)13(14-16-7-8-17-14)18-11-6-4-5-10(3)12(11)15/h4-6,9,13H,7-8H2,1-3H3,(H,16,17). The highest BCUT2D eigenvalue weighted by Crippen LogP contribution is 2.29. The molecule has 1 aliphatic heterocycles. The summed E-state index contributed by atoms with van der Waals surface area (Å²) in [5.74, 6) is 2.00. The molecule has 1 N–H and O–H groups in total. The predicted molar refractivity (Wildman–Crippen MR) is 75.7 cm³/mol. The zero-order valence-electron chi connectivity index (χ0n) is 11.0. The first-order valence-corrected chi connectivity index (χ1v) is 6.67. The topological polar surface area (TPSA) is 33.6 Å². The summed E-state index contributed by atoms with van der Waals surface area (Å²) in [5.41, 5.74) is 1.03. The quantitative estimate of drug-likeness (QED) is 0.909. The highest BCUT2D eigenvalue weighted by molar-refractivity contribution is 6.32. The Labute approximate surface area is 113 Å². The normalized spacial score (nSPS) is 16.4. The zero-order valence-corrected chi connectivity index (χ0v) is 11.8. The van der Waals surface area contributed by atoms with E-state index in [2.05, 4.69) is 24.2 Å². The number of ether oxygens (including phenoxy) is 1. The Kier molecular flexibility index (Phi) is 4.12. The van der Waals surface area contributed by atoms with Crippen LogP contribution in [0, 0.1) is 12.8 Å². The number of rotatable bonds is 4. The Balaban J connectivity index is 2.21. The number of nitrogens with zero attached hydrogens (tertiary/aromatic N) is 1. The van der Waals surface area contributed by atoms with E-state index in [1.165, 1.54) is 0 Å². The van der Waals surface area contributed by atoms with E-state index in [9.17, 15) is 0 Å². The number of halogens is 1. The van der Waals surface area contributed by atoms with Crippen LogP contribution in [-0.2, 0) is 0 Å². The molecule has 0 radical (unpaired) electrons. The number of aliphatic imine (C=N–C) groups is 1. The first kappa shape index (κ1) is 13.2. The molecule has 1 unspecified atom stereocenters. The summed E-state index contributed by atoms with van der Waals surface area (Å²) in [6.07, 6.45) is -0.0631. The second-order valence-corrected chi connectivity index (χ2v) is 5.24. The van der Waals surface area contributed by atoms with E-state index in [-0.39, 0.29) is 6.10 Å². The lowest BCUT2D eigenvalue weighted by Gasteiger charge is -2.23. The van der Waals surface area contributed by atoms with E-state index >= 15 is 0 Å². The molecule has 0 spiro atoms. The molecule has 0 fully saturated rings. The molecule has 18 heavy (non-hydrogen) atoms. The summed E-state index contributed by atoms with van der Waals surface area (Å²) in [7, 11) is 0. The molecule has 0 aliphatic carbocycles. The van der Waals surface area contributed by atoms with Gasteiger partial charge in [-0.2, -0.15) is 0 Å². The summed E-state index contributed by atoms with van der Waals surface area (Å²) in [5, 5.41) is 3.96. The van der Waals surface area contributed by atoms with Crippen LogP contribution in [0.2, 0.25) is 5.02 Å². The Morgan fingerprint density at radius 3 is 2.78 bits per heavy atom. The number of nitrogens with one attached hydrogen (secondary N) is 1. The maximum absolute atomic E-state index is 6.26. The minimum absolute atomic E-state index is 0.0631. The maximum Gasteiger partial charge on any atom is 0.158 e. The van der Waals surface area contributed by atoms with Gasteiger partial charge in [0.05, 0.1) is 11.6 Å². The molecule has 0 amide bonds. The van der Waals surface area contributed by atoms with Crippen LogP contribution in [-0.4, -0.2) is 25.0 Å². The number of aryl methyl sites for hydroxylation is 1. The van der Waals surface area contributed by atoms with Crippen molar-refractivity contribution in [2.24, 2.45) is 10.9 Å². The Morgan fingerprint density at radius 2 is 2.17 bits per heavy atom. The average molecular weight is 267 g/mol. The van der Waals surface area contributed by atoms with Gasteiger partial charge in [0.15, 0.2) is 6.10 Å². The van der Waals surface area contributed by atoms with Gasteiger partial charge in [0.1, 0.15) is 11.6 Å². The molecule has 0 saturated heterocycles. The van der Waals surface area contributed by atoms with Gasteiger partial charge in [0.25, 0.3) is 0 Å². The average Bonchev–Trinajstić information content (AvgIpc) is 2.84. The zero-order chi connectivity index (χ0) is 13.1. The summed E-state index contributed by atoms with van der Waals surface area (Å²) in [4.78, 5) is 4.44. The number of benzene rings is 1. The largest absolute Gasteiger partial charge is 0.481 e.